The van der Waals surface area contributed by atoms with Gasteiger partial charge in [-0.3, -0.25) is 0 Å². The van der Waals surface area contributed by atoms with Crippen molar-refractivity contribution in [1.29, 1.82) is 0 Å². The third-order valence-electron chi connectivity index (χ3n) is 1.78. The Morgan fingerprint density at radius 1 is 1.54 bits per heavy atom. The molecule has 0 aliphatic rings. The zero-order valence-electron chi connectivity index (χ0n) is 8.53. The van der Waals surface area contributed by atoms with Gasteiger partial charge in [0.1, 0.15) is 0 Å². The van der Waals surface area contributed by atoms with Gasteiger partial charge in [0.25, 0.3) is 5.95 Å². The first-order valence-corrected chi connectivity index (χ1v) is 4.29. The number of rotatable bonds is 3. The van der Waals surface area contributed by atoms with Crippen LogP contribution in [-0.4, -0.2) is 23.7 Å². The van der Waals surface area contributed by atoms with Gasteiger partial charge in [0.15, 0.2) is 0 Å². The number of nitrogens with two attached hydrogens (primary N) is 1. The van der Waals surface area contributed by atoms with E-state index in [1.54, 1.807) is 0 Å². The Bertz CT molecular complexity index is 276. The number of nitrogens with zero attached hydrogens (tertiary/aromatic N) is 3. The van der Waals surface area contributed by atoms with Crippen molar-refractivity contribution in [3.8, 4) is 0 Å². The van der Waals surface area contributed by atoms with Crippen LogP contribution in [0.25, 0.3) is 0 Å². The Hall–Kier alpha value is -1.10. The van der Waals surface area contributed by atoms with Gasteiger partial charge in [0.05, 0.1) is 5.54 Å². The summed E-state index contributed by atoms with van der Waals surface area (Å²) < 4.78 is 5.02. The van der Waals surface area contributed by atoms with Crippen molar-refractivity contribution in [2.45, 2.75) is 26.3 Å². The van der Waals surface area contributed by atoms with Crippen LogP contribution in [0.4, 0.5) is 5.95 Å². The first-order valence-electron chi connectivity index (χ1n) is 4.29. The molecule has 0 bridgehead atoms. The maximum absolute atomic E-state index is 5.80. The normalized spacial score (nSPS) is 11.8. The zero-order valence-corrected chi connectivity index (χ0v) is 8.53. The van der Waals surface area contributed by atoms with Gasteiger partial charge >= 0.3 is 0 Å². The molecule has 0 unspecified atom stereocenters. The summed E-state index contributed by atoms with van der Waals surface area (Å²) in [6.07, 6.45) is 0. The second-order valence-electron chi connectivity index (χ2n) is 3.64. The topological polar surface area (TPSA) is 68.2 Å². The Kier molecular flexibility index (Phi) is 2.56. The first-order chi connectivity index (χ1) is 5.95. The van der Waals surface area contributed by atoms with E-state index in [-0.39, 0.29) is 0 Å². The molecule has 1 rings (SSSR count). The van der Waals surface area contributed by atoms with Crippen LogP contribution < -0.4 is 10.6 Å². The second-order valence-corrected chi connectivity index (χ2v) is 3.64. The van der Waals surface area contributed by atoms with Crippen LogP contribution in [0.15, 0.2) is 4.52 Å². The molecule has 0 aliphatic heterocycles. The van der Waals surface area contributed by atoms with Gasteiger partial charge in [0.2, 0.25) is 5.89 Å². The SMILES string of the molecule is CCN(C)c1noc(C(C)(C)N)n1. The number of anilines is 1. The summed E-state index contributed by atoms with van der Waals surface area (Å²) in [7, 11) is 1.90. The van der Waals surface area contributed by atoms with Gasteiger partial charge in [-0.15, -0.1) is 0 Å². The van der Waals surface area contributed by atoms with Crippen LogP contribution >= 0.6 is 0 Å². The molecule has 1 aromatic rings. The van der Waals surface area contributed by atoms with E-state index in [1.807, 2.05) is 32.7 Å². The minimum Gasteiger partial charge on any atom is -0.342 e. The monoisotopic (exact) mass is 184 g/mol. The minimum atomic E-state index is -0.570. The first kappa shape index (κ1) is 9.98. The maximum atomic E-state index is 5.80. The van der Waals surface area contributed by atoms with Gasteiger partial charge in [-0.25, -0.2) is 0 Å². The van der Waals surface area contributed by atoms with E-state index < -0.39 is 5.54 Å². The Balaban J connectivity index is 2.87. The molecule has 0 atom stereocenters. The Morgan fingerprint density at radius 2 is 2.15 bits per heavy atom. The summed E-state index contributed by atoms with van der Waals surface area (Å²) >= 11 is 0. The van der Waals surface area contributed by atoms with Crippen LogP contribution in [0.5, 0.6) is 0 Å². The summed E-state index contributed by atoms with van der Waals surface area (Å²) in [5.41, 5.74) is 5.23. The quantitative estimate of drug-likeness (QED) is 0.749. The number of aromatic nitrogens is 2. The van der Waals surface area contributed by atoms with E-state index in [0.717, 1.165) is 6.54 Å². The highest BCUT2D eigenvalue weighted by Crippen LogP contribution is 2.16. The molecule has 13 heavy (non-hydrogen) atoms. The lowest BCUT2D eigenvalue weighted by Gasteiger charge is -2.12. The van der Waals surface area contributed by atoms with Gasteiger partial charge in [-0.1, -0.05) is 0 Å². The second kappa shape index (κ2) is 3.33. The van der Waals surface area contributed by atoms with E-state index in [9.17, 15) is 0 Å². The van der Waals surface area contributed by atoms with E-state index >= 15 is 0 Å². The molecule has 1 aromatic heterocycles. The molecule has 0 amide bonds. The van der Waals surface area contributed by atoms with Gasteiger partial charge < -0.3 is 15.2 Å². The van der Waals surface area contributed by atoms with E-state index in [1.165, 1.54) is 0 Å². The van der Waals surface area contributed by atoms with Crippen molar-refractivity contribution in [2.24, 2.45) is 5.73 Å². The molecule has 5 heteroatoms. The van der Waals surface area contributed by atoms with E-state index in [0.29, 0.717) is 11.8 Å². The fourth-order valence-electron chi connectivity index (χ4n) is 0.774. The average Bonchev–Trinajstić information content (AvgIpc) is 2.50. The molecular formula is C8H16N4O. The third kappa shape index (κ3) is 2.18. The summed E-state index contributed by atoms with van der Waals surface area (Å²) in [5.74, 6) is 1.04. The molecule has 0 radical (unpaired) electrons. The van der Waals surface area contributed by atoms with Gasteiger partial charge in [-0.2, -0.15) is 4.98 Å². The molecule has 74 valence electrons. The maximum Gasteiger partial charge on any atom is 0.265 e. The highest BCUT2D eigenvalue weighted by Gasteiger charge is 2.22. The summed E-state index contributed by atoms with van der Waals surface area (Å²) in [4.78, 5) is 6.06. The molecule has 0 fully saturated rings. The van der Waals surface area contributed by atoms with Crippen LogP contribution in [0.1, 0.15) is 26.7 Å². The Morgan fingerprint density at radius 3 is 2.54 bits per heavy atom. The molecular weight excluding hydrogens is 168 g/mol. The fraction of sp³-hybridized carbons (Fsp3) is 0.750. The lowest BCUT2D eigenvalue weighted by molar-refractivity contribution is 0.312. The molecule has 0 spiro atoms. The van der Waals surface area contributed by atoms with Crippen molar-refractivity contribution < 1.29 is 4.52 Å². The average molecular weight is 184 g/mol. The van der Waals surface area contributed by atoms with Crippen LogP contribution in [0.3, 0.4) is 0 Å². The van der Waals surface area contributed by atoms with Gasteiger partial charge in [0, 0.05) is 13.6 Å². The highest BCUT2D eigenvalue weighted by molar-refractivity contribution is 5.26. The standard InChI is InChI=1S/C8H16N4O/c1-5-12(4)7-10-6(13-11-7)8(2,3)9/h5,9H2,1-4H3. The summed E-state index contributed by atoms with van der Waals surface area (Å²) in [5, 5.41) is 3.81. The van der Waals surface area contributed by atoms with Crippen molar-refractivity contribution >= 4 is 5.95 Å². The predicted octanol–water partition coefficient (Wildman–Crippen LogP) is 0.720. The van der Waals surface area contributed by atoms with Crippen molar-refractivity contribution in [3.63, 3.8) is 0 Å². The minimum absolute atomic E-state index is 0.461. The molecule has 0 aliphatic carbocycles. The lowest BCUT2D eigenvalue weighted by Crippen LogP contribution is -2.29. The fourth-order valence-corrected chi connectivity index (χ4v) is 0.774. The lowest BCUT2D eigenvalue weighted by atomic mass is 10.1. The molecule has 0 saturated heterocycles. The molecule has 0 aromatic carbocycles. The van der Waals surface area contributed by atoms with Gasteiger partial charge in [-0.05, 0) is 25.9 Å². The van der Waals surface area contributed by atoms with Crippen molar-refractivity contribution in [3.05, 3.63) is 5.89 Å². The molecule has 1 heterocycles. The number of hydrogen-bond acceptors (Lipinski definition) is 5. The van der Waals surface area contributed by atoms with Crippen LogP contribution in [0.2, 0.25) is 0 Å². The van der Waals surface area contributed by atoms with E-state index in [4.69, 9.17) is 10.3 Å². The smallest absolute Gasteiger partial charge is 0.265 e. The molecule has 5 nitrogen and oxygen atoms in total. The van der Waals surface area contributed by atoms with Crippen LogP contribution in [0, 0.1) is 0 Å². The van der Waals surface area contributed by atoms with Crippen molar-refractivity contribution in [2.75, 3.05) is 18.5 Å². The third-order valence-corrected chi connectivity index (χ3v) is 1.78. The molecule has 2 N–H and O–H groups in total. The highest BCUT2D eigenvalue weighted by atomic mass is 16.5. The zero-order chi connectivity index (χ0) is 10.1. The van der Waals surface area contributed by atoms with Crippen LogP contribution in [-0.2, 0) is 5.54 Å². The summed E-state index contributed by atoms with van der Waals surface area (Å²) in [6, 6.07) is 0. The number of hydrogen-bond donors (Lipinski definition) is 1. The molecule has 0 saturated carbocycles. The van der Waals surface area contributed by atoms with E-state index in [2.05, 4.69) is 10.1 Å². The van der Waals surface area contributed by atoms with Crippen molar-refractivity contribution in [1.82, 2.24) is 10.1 Å². The largest absolute Gasteiger partial charge is 0.342 e. The Labute approximate surface area is 77.9 Å². The predicted molar refractivity (Wildman–Crippen MR) is 50.5 cm³/mol. The summed E-state index contributed by atoms with van der Waals surface area (Å²) in [6.45, 7) is 6.51.